The van der Waals surface area contributed by atoms with Crippen molar-refractivity contribution in [1.29, 1.82) is 0 Å². The van der Waals surface area contributed by atoms with Crippen LogP contribution in [0.15, 0.2) is 316 Å². The van der Waals surface area contributed by atoms with Crippen LogP contribution in [0.25, 0.3) is 66.9 Å². The fourth-order valence-corrected chi connectivity index (χ4v) is 15.0. The summed E-state index contributed by atoms with van der Waals surface area (Å²) in [6.45, 7) is 6.80. The van der Waals surface area contributed by atoms with E-state index < -0.39 is 5.41 Å². The summed E-state index contributed by atoms with van der Waals surface area (Å²) in [4.78, 5) is 10.1. The Morgan fingerprint density at radius 3 is 1.41 bits per heavy atom. The van der Waals surface area contributed by atoms with Gasteiger partial charge in [0.05, 0.1) is 11.4 Å². The Bertz CT molecular complexity index is 4960. The van der Waals surface area contributed by atoms with Crippen LogP contribution in [-0.2, 0) is 30.2 Å². The van der Waals surface area contributed by atoms with Crippen molar-refractivity contribution in [3.63, 3.8) is 0 Å². The zero-order valence-corrected chi connectivity index (χ0v) is 52.3. The van der Waals surface area contributed by atoms with Crippen molar-refractivity contribution in [3.8, 4) is 67.4 Å². The Hall–Kier alpha value is -10.7. The monoisotopic (exact) mass is 1340 g/mol. The number of imidazole rings is 1. The average molecular weight is 1340 g/mol. The van der Waals surface area contributed by atoms with E-state index in [0.717, 1.165) is 116 Å². The molecule has 7 heteroatoms. The number of para-hydroxylation sites is 5. The SMILES string of the molecule is CC(C)(C)c1ccnc(N2c3ccccc3C3(c4ccc(-c5ccccc5)cc4N(c4ccccc4)c4cc(-c5ccccc5)ccc43)c3ccc(Oc4cccc(-n5[c](=[Pt])n(-c6c(-c7ccccc7)cccc6-c6ccccc6)c6ccccc65)c4)cc32)c1. The molecule has 0 bridgehead atoms. The number of hydrogen-bond donors (Lipinski definition) is 0. The molecule has 4 heterocycles. The third kappa shape index (κ3) is 9.12. The van der Waals surface area contributed by atoms with Gasteiger partial charge in [0.2, 0.25) is 0 Å². The first-order valence-electron chi connectivity index (χ1n) is 30.7. The Morgan fingerprint density at radius 1 is 0.356 bits per heavy atom. The molecule has 0 unspecified atom stereocenters. The molecular weight excluding hydrogens is 1280 g/mol. The second kappa shape index (κ2) is 22.2. The number of fused-ring (bicyclic) bond motifs is 9. The van der Waals surface area contributed by atoms with Gasteiger partial charge in [-0.25, -0.2) is 0 Å². The molecule has 0 atom stereocenters. The third-order valence-corrected chi connectivity index (χ3v) is 19.0. The second-order valence-corrected chi connectivity index (χ2v) is 25.3. The first-order valence-corrected chi connectivity index (χ1v) is 31.8. The molecule has 90 heavy (non-hydrogen) atoms. The van der Waals surface area contributed by atoms with Crippen molar-refractivity contribution in [3.05, 3.63) is 347 Å². The van der Waals surface area contributed by atoms with Crippen molar-refractivity contribution in [1.82, 2.24) is 14.1 Å². The summed E-state index contributed by atoms with van der Waals surface area (Å²) in [7, 11) is 0. The maximum absolute atomic E-state index is 7.30. The van der Waals surface area contributed by atoms with Crippen LogP contribution in [0.2, 0.25) is 0 Å². The molecule has 6 nitrogen and oxygen atoms in total. The van der Waals surface area contributed by atoms with E-state index in [1.807, 2.05) is 6.20 Å². The van der Waals surface area contributed by atoms with E-state index in [4.69, 9.17) is 9.72 Å². The third-order valence-electron chi connectivity index (χ3n) is 18.0. The molecule has 0 saturated carbocycles. The van der Waals surface area contributed by atoms with Gasteiger partial charge < -0.3 is 4.90 Å². The van der Waals surface area contributed by atoms with Crippen LogP contribution >= 0.6 is 0 Å². The van der Waals surface area contributed by atoms with Crippen molar-refractivity contribution in [2.45, 2.75) is 31.6 Å². The van der Waals surface area contributed by atoms with Crippen molar-refractivity contribution >= 4 is 45.3 Å². The van der Waals surface area contributed by atoms with Crippen LogP contribution in [0.3, 0.4) is 0 Å². The first-order chi connectivity index (χ1) is 44.2. The molecule has 12 aromatic carbocycles. The molecule has 14 aromatic rings. The summed E-state index contributed by atoms with van der Waals surface area (Å²) in [5.74, 6) is 2.24. The van der Waals surface area contributed by atoms with Gasteiger partial charge in [-0.05, 0) is 63.6 Å². The molecule has 0 N–H and O–H groups in total. The standard InChI is InChI=1S/C83H61N5O.Pt/c1-82(2,3)63-49-50-84-80(53-63)88-74-40-20-19-39-70(74)83(71-46-43-61(57-25-9-4-10-26-57)51-77(71)87(64-33-17-8-18-34-64)78-52-62(44-47-72(78)83)58-27-11-5-12-28-58)73-48-45-67(55-79(73)88)89-66-36-23-35-65(54-66)85-56-86(76-42-22-21-41-75(76)85)81-68(59-29-13-6-14-30-59)37-24-38-69(81)60-31-15-7-16-32-60;/h4-55H,1-3H3;. The Labute approximate surface area is 535 Å². The molecule has 0 aliphatic carbocycles. The summed E-state index contributed by atoms with van der Waals surface area (Å²) in [5.41, 5.74) is 23.6. The second-order valence-electron chi connectivity index (χ2n) is 24.2. The summed E-state index contributed by atoms with van der Waals surface area (Å²) in [6.07, 6.45) is 1.96. The number of benzene rings is 12. The summed E-state index contributed by atoms with van der Waals surface area (Å²) >= 11 is 2.53. The van der Waals surface area contributed by atoms with E-state index >= 15 is 0 Å². The predicted octanol–water partition coefficient (Wildman–Crippen LogP) is 21.6. The summed E-state index contributed by atoms with van der Waals surface area (Å²) < 4.78 is 13.1. The zero-order chi connectivity index (χ0) is 60.5. The van der Waals surface area contributed by atoms with Gasteiger partial charge >= 0.3 is 306 Å². The number of aromatic nitrogens is 3. The van der Waals surface area contributed by atoms with Crippen LogP contribution in [0.5, 0.6) is 11.5 Å². The van der Waals surface area contributed by atoms with Crippen LogP contribution in [0.1, 0.15) is 48.6 Å². The zero-order valence-electron chi connectivity index (χ0n) is 50.0. The molecule has 1 spiro atoms. The topological polar surface area (TPSA) is 38.5 Å². The molecule has 0 saturated heterocycles. The molecule has 0 radical (unpaired) electrons. The van der Waals surface area contributed by atoms with Crippen LogP contribution in [-0.4, -0.2) is 14.1 Å². The van der Waals surface area contributed by atoms with Crippen LogP contribution in [0.4, 0.5) is 34.3 Å². The van der Waals surface area contributed by atoms with Gasteiger partial charge in [0.25, 0.3) is 0 Å². The summed E-state index contributed by atoms with van der Waals surface area (Å²) in [5, 5.41) is 0. The Morgan fingerprint density at radius 2 is 0.822 bits per heavy atom. The van der Waals surface area contributed by atoms with Crippen molar-refractivity contribution < 1.29 is 24.1 Å². The van der Waals surface area contributed by atoms with Crippen LogP contribution in [0, 0.1) is 3.80 Å². The fourth-order valence-electron chi connectivity index (χ4n) is 13.9. The van der Waals surface area contributed by atoms with Gasteiger partial charge in [0.1, 0.15) is 0 Å². The molecular formula is C83H61N5OPt. The predicted molar refractivity (Wildman–Crippen MR) is 365 cm³/mol. The number of hydrogen-bond acceptors (Lipinski definition) is 4. The van der Waals surface area contributed by atoms with Gasteiger partial charge in [-0.3, -0.25) is 0 Å². The van der Waals surface area contributed by atoms with Gasteiger partial charge in [0.15, 0.2) is 0 Å². The van der Waals surface area contributed by atoms with Crippen LogP contribution < -0.4 is 14.5 Å². The normalized spacial score (nSPS) is 12.9. The van der Waals surface area contributed by atoms with Crippen molar-refractivity contribution in [2.75, 3.05) is 9.80 Å². The molecule has 2 aliphatic heterocycles. The molecule has 434 valence electrons. The van der Waals surface area contributed by atoms with E-state index in [0.29, 0.717) is 11.5 Å². The van der Waals surface area contributed by atoms with E-state index in [2.05, 4.69) is 368 Å². The molecule has 2 aromatic heterocycles. The number of ether oxygens (including phenoxy) is 1. The molecule has 2 aliphatic rings. The molecule has 16 rings (SSSR count). The number of rotatable bonds is 10. The Balaban J connectivity index is 0.908. The van der Waals surface area contributed by atoms with Gasteiger partial charge in [-0.2, -0.15) is 0 Å². The maximum atomic E-state index is 7.30. The first kappa shape index (κ1) is 54.7. The number of pyridine rings is 1. The fraction of sp³-hybridized carbons (Fsp3) is 0.0602. The summed E-state index contributed by atoms with van der Waals surface area (Å²) in [6, 6.07) is 112. The quantitative estimate of drug-likeness (QED) is 0.137. The van der Waals surface area contributed by atoms with E-state index in [1.54, 1.807) is 0 Å². The van der Waals surface area contributed by atoms with Gasteiger partial charge in [-0.1, -0.05) is 142 Å². The Kier molecular flexibility index (Phi) is 13.5. The minimum absolute atomic E-state index is 0.139. The van der Waals surface area contributed by atoms with E-state index in [-0.39, 0.29) is 5.41 Å². The van der Waals surface area contributed by atoms with E-state index in [9.17, 15) is 0 Å². The van der Waals surface area contributed by atoms with Gasteiger partial charge in [-0.15, -0.1) is 0 Å². The average Bonchev–Trinajstić information content (AvgIpc) is 0.754. The number of nitrogens with zero attached hydrogens (tertiary/aromatic N) is 5. The molecule has 0 fully saturated rings. The van der Waals surface area contributed by atoms with E-state index in [1.165, 1.54) is 16.7 Å². The van der Waals surface area contributed by atoms with Gasteiger partial charge in [0, 0.05) is 11.9 Å². The van der Waals surface area contributed by atoms with Crippen molar-refractivity contribution in [2.24, 2.45) is 0 Å². The number of anilines is 6. The molecule has 0 amide bonds. The minimum atomic E-state index is -0.843.